The fourth-order valence-corrected chi connectivity index (χ4v) is 4.13. The number of anilines is 4. The minimum absolute atomic E-state index is 0.486. The second kappa shape index (κ2) is 7.80. The number of halogens is 2. The van der Waals surface area contributed by atoms with Gasteiger partial charge in [-0.1, -0.05) is 15.9 Å². The summed E-state index contributed by atoms with van der Waals surface area (Å²) in [6.07, 6.45) is 1.70. The van der Waals surface area contributed by atoms with Gasteiger partial charge in [-0.15, -0.1) is 0 Å². The number of hydrogen-bond acceptors (Lipinski definition) is 5. The summed E-state index contributed by atoms with van der Waals surface area (Å²) in [5, 5.41) is 15.3. The first-order valence-corrected chi connectivity index (χ1v) is 9.25. The molecule has 2 N–H and O–H groups in total. The zero-order valence-electron chi connectivity index (χ0n) is 13.2. The van der Waals surface area contributed by atoms with Gasteiger partial charge in [0.05, 0.1) is 17.3 Å². The molecule has 0 fully saturated rings. The second-order valence-electron chi connectivity index (χ2n) is 5.28. The van der Waals surface area contributed by atoms with Crippen molar-refractivity contribution in [1.82, 2.24) is 9.97 Å². The molecule has 1 heterocycles. The molecule has 0 aliphatic rings. The Morgan fingerprint density at radius 1 is 1.12 bits per heavy atom. The van der Waals surface area contributed by atoms with Gasteiger partial charge in [-0.05, 0) is 77.5 Å². The Balaban J connectivity index is 1.81. The predicted molar refractivity (Wildman–Crippen MR) is 111 cm³/mol. The van der Waals surface area contributed by atoms with Crippen molar-refractivity contribution >= 4 is 61.7 Å². The van der Waals surface area contributed by atoms with Gasteiger partial charge in [-0.25, -0.2) is 4.98 Å². The van der Waals surface area contributed by atoms with Crippen molar-refractivity contribution in [3.63, 3.8) is 0 Å². The number of nitrogens with one attached hydrogen (secondary N) is 2. The van der Waals surface area contributed by atoms with Crippen molar-refractivity contribution in [2.75, 3.05) is 10.6 Å². The Bertz CT molecular complexity index is 927. The fraction of sp³-hybridized carbons (Fsp3) is 0.0556. The Kier molecular flexibility index (Phi) is 5.50. The Morgan fingerprint density at radius 3 is 2.56 bits per heavy atom. The predicted octanol–water partition coefficient (Wildman–Crippen LogP) is 5.51. The third-order valence-corrected chi connectivity index (χ3v) is 4.74. The zero-order valence-corrected chi connectivity index (χ0v) is 17.0. The van der Waals surface area contributed by atoms with Gasteiger partial charge in [0, 0.05) is 19.9 Å². The number of nitrogens with zero attached hydrogens (tertiary/aromatic N) is 3. The average Bonchev–Trinajstić information content (AvgIpc) is 2.59. The average molecular weight is 506 g/mol. The van der Waals surface area contributed by atoms with Crippen molar-refractivity contribution in [3.05, 3.63) is 67.8 Å². The van der Waals surface area contributed by atoms with Crippen LogP contribution in [0.2, 0.25) is 0 Å². The lowest BCUT2D eigenvalue weighted by atomic mass is 10.2. The molecular formula is C18H13BrIN5. The molecule has 5 nitrogen and oxygen atoms in total. The van der Waals surface area contributed by atoms with Crippen LogP contribution in [0.4, 0.5) is 23.1 Å². The maximum atomic E-state index is 8.85. The number of aromatic nitrogens is 2. The number of aryl methyl sites for hydroxylation is 1. The number of hydrogen-bond donors (Lipinski definition) is 2. The van der Waals surface area contributed by atoms with Crippen LogP contribution in [0, 0.1) is 21.8 Å². The molecule has 0 amide bonds. The second-order valence-corrected chi connectivity index (χ2v) is 7.36. The molecule has 25 heavy (non-hydrogen) atoms. The van der Waals surface area contributed by atoms with Crippen molar-refractivity contribution < 1.29 is 0 Å². The largest absolute Gasteiger partial charge is 0.339 e. The van der Waals surface area contributed by atoms with Gasteiger partial charge in [-0.3, -0.25) is 0 Å². The lowest BCUT2D eigenvalue weighted by Gasteiger charge is -2.13. The molecule has 0 saturated heterocycles. The Morgan fingerprint density at radius 2 is 1.88 bits per heavy atom. The van der Waals surface area contributed by atoms with E-state index in [4.69, 9.17) is 5.26 Å². The number of nitriles is 1. The van der Waals surface area contributed by atoms with Crippen LogP contribution in [0.5, 0.6) is 0 Å². The fourth-order valence-electron chi connectivity index (χ4n) is 2.23. The highest BCUT2D eigenvalue weighted by atomic mass is 127. The molecule has 7 heteroatoms. The summed E-state index contributed by atoms with van der Waals surface area (Å²) in [5.74, 6) is 1.19. The smallest absolute Gasteiger partial charge is 0.229 e. The molecule has 0 aliphatic heterocycles. The maximum absolute atomic E-state index is 8.85. The van der Waals surface area contributed by atoms with Gasteiger partial charge in [-0.2, -0.15) is 10.2 Å². The first-order chi connectivity index (χ1) is 12.0. The molecule has 0 atom stereocenters. The molecule has 0 bridgehead atoms. The molecule has 2 aromatic carbocycles. The van der Waals surface area contributed by atoms with Gasteiger partial charge in [0.2, 0.25) is 5.95 Å². The normalized spacial score (nSPS) is 10.2. The van der Waals surface area contributed by atoms with E-state index in [1.807, 2.05) is 31.2 Å². The Hall–Kier alpha value is -2.18. The summed E-state index contributed by atoms with van der Waals surface area (Å²) < 4.78 is 2.15. The van der Waals surface area contributed by atoms with E-state index in [-0.39, 0.29) is 0 Å². The summed E-state index contributed by atoms with van der Waals surface area (Å²) in [6.45, 7) is 2.05. The summed E-state index contributed by atoms with van der Waals surface area (Å²) in [5.41, 5.74) is 3.58. The molecule has 1 aromatic heterocycles. The van der Waals surface area contributed by atoms with Crippen LogP contribution in [0.1, 0.15) is 11.1 Å². The van der Waals surface area contributed by atoms with Crippen LogP contribution < -0.4 is 10.6 Å². The first-order valence-electron chi connectivity index (χ1n) is 7.38. The molecule has 124 valence electrons. The van der Waals surface area contributed by atoms with Crippen LogP contribution in [0.3, 0.4) is 0 Å². The standard InChI is InChI=1S/C18H13BrIN5/c1-11-8-13(19)9-15(20)17(11)24-16-6-7-22-18(25-16)23-14-4-2-12(10-21)3-5-14/h2-9H,1H3,(H2,22,23,24,25). The van der Waals surface area contributed by atoms with E-state index >= 15 is 0 Å². The van der Waals surface area contributed by atoms with Crippen LogP contribution in [0.25, 0.3) is 0 Å². The first kappa shape index (κ1) is 17.6. The molecule has 0 spiro atoms. The lowest BCUT2D eigenvalue weighted by Crippen LogP contribution is -2.02. The molecule has 0 aliphatic carbocycles. The van der Waals surface area contributed by atoms with Crippen LogP contribution >= 0.6 is 38.5 Å². The zero-order chi connectivity index (χ0) is 17.8. The quantitative estimate of drug-likeness (QED) is 0.457. The Labute approximate surface area is 167 Å². The number of rotatable bonds is 4. The summed E-state index contributed by atoms with van der Waals surface area (Å²) in [7, 11) is 0. The highest BCUT2D eigenvalue weighted by Gasteiger charge is 2.08. The number of benzene rings is 2. The van der Waals surface area contributed by atoms with E-state index in [2.05, 4.69) is 71.3 Å². The highest BCUT2D eigenvalue weighted by Crippen LogP contribution is 2.29. The van der Waals surface area contributed by atoms with E-state index in [9.17, 15) is 0 Å². The minimum atomic E-state index is 0.486. The third kappa shape index (κ3) is 4.46. The minimum Gasteiger partial charge on any atom is -0.339 e. The van der Waals surface area contributed by atoms with E-state index in [0.29, 0.717) is 17.3 Å². The summed E-state index contributed by atoms with van der Waals surface area (Å²) in [4.78, 5) is 8.74. The van der Waals surface area contributed by atoms with Crippen LogP contribution in [-0.2, 0) is 0 Å². The topological polar surface area (TPSA) is 73.6 Å². The molecule has 0 saturated carbocycles. The SMILES string of the molecule is Cc1cc(Br)cc(I)c1Nc1ccnc(Nc2ccc(C#N)cc2)n1. The molecule has 0 unspecified atom stereocenters. The lowest BCUT2D eigenvalue weighted by molar-refractivity contribution is 1.16. The van der Waals surface area contributed by atoms with Crippen molar-refractivity contribution in [2.45, 2.75) is 6.92 Å². The van der Waals surface area contributed by atoms with E-state index < -0.39 is 0 Å². The molecule has 3 aromatic rings. The molecule has 3 rings (SSSR count). The maximum Gasteiger partial charge on any atom is 0.229 e. The van der Waals surface area contributed by atoms with Gasteiger partial charge in [0.15, 0.2) is 0 Å². The van der Waals surface area contributed by atoms with Crippen LogP contribution in [-0.4, -0.2) is 9.97 Å². The van der Waals surface area contributed by atoms with E-state index in [0.717, 1.165) is 25.0 Å². The molecular weight excluding hydrogens is 493 g/mol. The summed E-state index contributed by atoms with van der Waals surface area (Å²) in [6, 6.07) is 15.2. The van der Waals surface area contributed by atoms with Gasteiger partial charge in [0.1, 0.15) is 5.82 Å². The van der Waals surface area contributed by atoms with Gasteiger partial charge >= 0.3 is 0 Å². The van der Waals surface area contributed by atoms with E-state index in [1.165, 1.54) is 0 Å². The van der Waals surface area contributed by atoms with Crippen molar-refractivity contribution in [2.24, 2.45) is 0 Å². The van der Waals surface area contributed by atoms with Crippen molar-refractivity contribution in [3.8, 4) is 6.07 Å². The highest BCUT2D eigenvalue weighted by molar-refractivity contribution is 14.1. The van der Waals surface area contributed by atoms with Gasteiger partial charge in [0.25, 0.3) is 0 Å². The molecule has 0 radical (unpaired) electrons. The van der Waals surface area contributed by atoms with Crippen LogP contribution in [0.15, 0.2) is 53.1 Å². The third-order valence-electron chi connectivity index (χ3n) is 3.43. The summed E-state index contributed by atoms with van der Waals surface area (Å²) >= 11 is 5.80. The monoisotopic (exact) mass is 505 g/mol. The van der Waals surface area contributed by atoms with Gasteiger partial charge < -0.3 is 10.6 Å². The van der Waals surface area contributed by atoms with E-state index in [1.54, 1.807) is 18.3 Å². The van der Waals surface area contributed by atoms with Crippen molar-refractivity contribution in [1.29, 1.82) is 5.26 Å².